The number of likely N-dealkylation sites (tertiary alicyclic amines) is 1. The van der Waals surface area contributed by atoms with E-state index in [1.54, 1.807) is 14.2 Å². The maximum Gasteiger partial charge on any atom is 0.200 e. The molecule has 0 spiro atoms. The van der Waals surface area contributed by atoms with Gasteiger partial charge in [-0.25, -0.2) is 0 Å². The Hall–Kier alpha value is -1.91. The van der Waals surface area contributed by atoms with Crippen molar-refractivity contribution in [1.29, 1.82) is 0 Å². The topological polar surface area (TPSA) is 41.9 Å². The molecule has 0 aromatic heterocycles. The number of methoxy groups -OCH3 is 2. The first-order valence-electron chi connectivity index (χ1n) is 8.05. The molecule has 0 amide bonds. The third kappa shape index (κ3) is 3.45. The van der Waals surface area contributed by atoms with Crippen molar-refractivity contribution in [3.05, 3.63) is 52.5 Å². The van der Waals surface area contributed by atoms with Gasteiger partial charge in [-0.2, -0.15) is 0 Å². The summed E-state index contributed by atoms with van der Waals surface area (Å²) in [6.07, 6.45) is 2.30. The van der Waals surface area contributed by atoms with Gasteiger partial charge in [-0.15, -0.1) is 0 Å². The second-order valence-corrected chi connectivity index (χ2v) is 6.47. The Morgan fingerprint density at radius 1 is 1.12 bits per heavy atom. The third-order valence-electron chi connectivity index (χ3n) is 4.54. The van der Waals surface area contributed by atoms with E-state index in [1.165, 1.54) is 12.0 Å². The van der Waals surface area contributed by atoms with Gasteiger partial charge >= 0.3 is 0 Å². The van der Waals surface area contributed by atoms with Crippen molar-refractivity contribution in [2.24, 2.45) is 0 Å². The number of halogens is 1. The van der Waals surface area contributed by atoms with Gasteiger partial charge in [0.25, 0.3) is 0 Å². The van der Waals surface area contributed by atoms with Gasteiger partial charge in [0.1, 0.15) is 0 Å². The normalized spacial score (nSPS) is 17.9. The zero-order valence-corrected chi connectivity index (χ0v) is 14.7. The fraction of sp³-hybridized carbons (Fsp3) is 0.368. The highest BCUT2D eigenvalue weighted by molar-refractivity contribution is 6.30. The number of hydrogen-bond donors (Lipinski definition) is 1. The molecule has 0 saturated carbocycles. The van der Waals surface area contributed by atoms with Crippen LogP contribution < -0.4 is 9.47 Å². The van der Waals surface area contributed by atoms with Gasteiger partial charge in [-0.05, 0) is 54.8 Å². The molecular formula is C19H22ClNO3. The lowest BCUT2D eigenvalue weighted by molar-refractivity contribution is 0.247. The molecule has 1 saturated heterocycles. The largest absolute Gasteiger partial charge is 0.502 e. The molecule has 0 bridgehead atoms. The summed E-state index contributed by atoms with van der Waals surface area (Å²) in [7, 11) is 3.09. The molecule has 1 aliphatic heterocycles. The van der Waals surface area contributed by atoms with E-state index in [4.69, 9.17) is 21.1 Å². The van der Waals surface area contributed by atoms with E-state index in [0.717, 1.165) is 30.1 Å². The highest BCUT2D eigenvalue weighted by Gasteiger charge is 2.26. The van der Waals surface area contributed by atoms with Crippen molar-refractivity contribution < 1.29 is 14.6 Å². The summed E-state index contributed by atoms with van der Waals surface area (Å²) in [6.45, 7) is 1.82. The minimum Gasteiger partial charge on any atom is -0.502 e. The fourth-order valence-corrected chi connectivity index (χ4v) is 3.48. The summed E-state index contributed by atoms with van der Waals surface area (Å²) in [6, 6.07) is 12.2. The molecule has 1 aliphatic rings. The molecule has 1 atom stereocenters. The summed E-state index contributed by atoms with van der Waals surface area (Å²) >= 11 is 6.00. The number of phenols is 1. The van der Waals surface area contributed by atoms with E-state index in [0.29, 0.717) is 17.5 Å². The first kappa shape index (κ1) is 16.9. The van der Waals surface area contributed by atoms with Crippen molar-refractivity contribution in [3.8, 4) is 17.2 Å². The molecule has 128 valence electrons. The minimum atomic E-state index is 0.0411. The van der Waals surface area contributed by atoms with E-state index in [1.807, 2.05) is 24.3 Å². The molecule has 5 heteroatoms. The van der Waals surface area contributed by atoms with Gasteiger partial charge in [-0.1, -0.05) is 23.7 Å². The van der Waals surface area contributed by atoms with Crippen LogP contribution >= 0.6 is 11.6 Å². The standard InChI is InChI=1S/C19H22ClNO3/c1-23-17-10-13(11-18(24-2)19(17)22)12-21-9-3-4-16(21)14-5-7-15(20)8-6-14/h5-8,10-11,16,22H,3-4,9,12H2,1-2H3/t16-/m1/s1. The summed E-state index contributed by atoms with van der Waals surface area (Å²) < 4.78 is 10.5. The van der Waals surface area contributed by atoms with Crippen LogP contribution in [0.15, 0.2) is 36.4 Å². The molecule has 1 heterocycles. The van der Waals surface area contributed by atoms with Crippen molar-refractivity contribution in [3.63, 3.8) is 0 Å². The van der Waals surface area contributed by atoms with Crippen molar-refractivity contribution in [2.45, 2.75) is 25.4 Å². The Bertz CT molecular complexity index is 677. The van der Waals surface area contributed by atoms with Crippen LogP contribution in [0, 0.1) is 0 Å². The maximum atomic E-state index is 10.1. The van der Waals surface area contributed by atoms with Crippen molar-refractivity contribution in [2.75, 3.05) is 20.8 Å². The van der Waals surface area contributed by atoms with E-state index in [-0.39, 0.29) is 5.75 Å². The SMILES string of the molecule is COc1cc(CN2CCC[C@@H]2c2ccc(Cl)cc2)cc(OC)c1O. The maximum absolute atomic E-state index is 10.1. The highest BCUT2D eigenvalue weighted by Crippen LogP contribution is 2.39. The van der Waals surface area contributed by atoms with Crippen molar-refractivity contribution in [1.82, 2.24) is 4.90 Å². The highest BCUT2D eigenvalue weighted by atomic mass is 35.5. The Balaban J connectivity index is 1.83. The third-order valence-corrected chi connectivity index (χ3v) is 4.80. The quantitative estimate of drug-likeness (QED) is 0.870. The van der Waals surface area contributed by atoms with Crippen LogP contribution in [0.5, 0.6) is 17.2 Å². The molecule has 24 heavy (non-hydrogen) atoms. The second-order valence-electron chi connectivity index (χ2n) is 6.03. The number of aromatic hydroxyl groups is 1. The number of rotatable bonds is 5. The van der Waals surface area contributed by atoms with E-state index in [9.17, 15) is 5.11 Å². The molecular weight excluding hydrogens is 326 g/mol. The molecule has 1 fully saturated rings. The molecule has 2 aromatic carbocycles. The molecule has 1 N–H and O–H groups in total. The average molecular weight is 348 g/mol. The van der Waals surface area contributed by atoms with Crippen LogP contribution in [0.3, 0.4) is 0 Å². The molecule has 3 rings (SSSR count). The average Bonchev–Trinajstić information content (AvgIpc) is 3.05. The zero-order chi connectivity index (χ0) is 17.1. The summed E-state index contributed by atoms with van der Waals surface area (Å²) in [5.74, 6) is 0.914. The van der Waals surface area contributed by atoms with Crippen LogP contribution in [0.25, 0.3) is 0 Å². The van der Waals surface area contributed by atoms with Gasteiger partial charge in [0.05, 0.1) is 14.2 Å². The predicted molar refractivity (Wildman–Crippen MR) is 95.0 cm³/mol. The Labute approximate surface area is 147 Å². The first-order valence-corrected chi connectivity index (χ1v) is 8.43. The molecule has 4 nitrogen and oxygen atoms in total. The Morgan fingerprint density at radius 2 is 1.75 bits per heavy atom. The molecule has 0 radical (unpaired) electrons. The number of benzene rings is 2. The van der Waals surface area contributed by atoms with Gasteiger partial charge in [0, 0.05) is 17.6 Å². The van der Waals surface area contributed by atoms with E-state index in [2.05, 4.69) is 17.0 Å². The van der Waals surface area contributed by atoms with E-state index >= 15 is 0 Å². The van der Waals surface area contributed by atoms with Crippen LogP contribution in [-0.2, 0) is 6.54 Å². The lowest BCUT2D eigenvalue weighted by Crippen LogP contribution is -2.22. The summed E-state index contributed by atoms with van der Waals surface area (Å²) in [4.78, 5) is 2.44. The van der Waals surface area contributed by atoms with Crippen LogP contribution in [-0.4, -0.2) is 30.8 Å². The minimum absolute atomic E-state index is 0.0411. The number of nitrogens with zero attached hydrogens (tertiary/aromatic N) is 1. The monoisotopic (exact) mass is 347 g/mol. The van der Waals surface area contributed by atoms with Gasteiger partial charge in [0.15, 0.2) is 11.5 Å². The van der Waals surface area contributed by atoms with Gasteiger partial charge < -0.3 is 14.6 Å². The lowest BCUT2D eigenvalue weighted by Gasteiger charge is -2.25. The fourth-order valence-electron chi connectivity index (χ4n) is 3.35. The Kier molecular flexibility index (Phi) is 5.17. The van der Waals surface area contributed by atoms with E-state index < -0.39 is 0 Å². The number of hydrogen-bond acceptors (Lipinski definition) is 4. The molecule has 0 aliphatic carbocycles. The molecule has 0 unspecified atom stereocenters. The number of phenolic OH excluding ortho intramolecular Hbond substituents is 1. The summed E-state index contributed by atoms with van der Waals surface area (Å²) in [5.41, 5.74) is 2.34. The van der Waals surface area contributed by atoms with Gasteiger partial charge in [0.2, 0.25) is 5.75 Å². The smallest absolute Gasteiger partial charge is 0.200 e. The summed E-state index contributed by atoms with van der Waals surface area (Å²) in [5, 5.41) is 10.8. The molecule has 2 aromatic rings. The van der Waals surface area contributed by atoms with Crippen molar-refractivity contribution >= 4 is 11.6 Å². The van der Waals surface area contributed by atoms with Crippen LogP contribution in [0.1, 0.15) is 30.0 Å². The van der Waals surface area contributed by atoms with Crippen LogP contribution in [0.2, 0.25) is 5.02 Å². The zero-order valence-electron chi connectivity index (χ0n) is 14.0. The predicted octanol–water partition coefficient (Wildman–Crippen LogP) is 4.40. The number of ether oxygens (including phenoxy) is 2. The van der Waals surface area contributed by atoms with Gasteiger partial charge in [-0.3, -0.25) is 4.90 Å². The second kappa shape index (κ2) is 7.32. The Morgan fingerprint density at radius 3 is 2.33 bits per heavy atom. The lowest BCUT2D eigenvalue weighted by atomic mass is 10.0. The first-order chi connectivity index (χ1) is 11.6. The van der Waals surface area contributed by atoms with Crippen LogP contribution in [0.4, 0.5) is 0 Å².